The molecule has 6 nitrogen and oxygen atoms in total. The standard InChI is InChI=1S/C14H16ClNO5/c1-8-5-6-9(7-10(8)15)13(19)16-11(14(20)21)3-2-4-12(17)18/h5-7,11H,2-4H2,1H3,(H,16,19)(H,17,18)(H,20,21)/t11-/m1/s1. The molecule has 114 valence electrons. The van der Waals surface area contributed by atoms with Gasteiger partial charge in [0.1, 0.15) is 6.04 Å². The summed E-state index contributed by atoms with van der Waals surface area (Å²) in [5.74, 6) is -2.76. The van der Waals surface area contributed by atoms with Crippen LogP contribution >= 0.6 is 11.6 Å². The van der Waals surface area contributed by atoms with Crippen LogP contribution in [-0.4, -0.2) is 34.1 Å². The van der Waals surface area contributed by atoms with E-state index < -0.39 is 23.9 Å². The van der Waals surface area contributed by atoms with E-state index >= 15 is 0 Å². The lowest BCUT2D eigenvalue weighted by molar-refractivity contribution is -0.140. The second-order valence-electron chi connectivity index (χ2n) is 4.61. The third kappa shape index (κ3) is 5.43. The molecule has 1 aromatic rings. The summed E-state index contributed by atoms with van der Waals surface area (Å²) in [5.41, 5.74) is 1.07. The van der Waals surface area contributed by atoms with Gasteiger partial charge in [-0.15, -0.1) is 0 Å². The lowest BCUT2D eigenvalue weighted by Gasteiger charge is -2.14. The van der Waals surface area contributed by atoms with Crippen LogP contribution in [0.25, 0.3) is 0 Å². The van der Waals surface area contributed by atoms with Gasteiger partial charge >= 0.3 is 11.9 Å². The quantitative estimate of drug-likeness (QED) is 0.715. The van der Waals surface area contributed by atoms with Gasteiger partial charge in [0.2, 0.25) is 0 Å². The van der Waals surface area contributed by atoms with Gasteiger partial charge in [0.25, 0.3) is 5.91 Å². The van der Waals surface area contributed by atoms with Crippen LogP contribution in [0.3, 0.4) is 0 Å². The molecule has 0 aliphatic carbocycles. The zero-order valence-corrected chi connectivity index (χ0v) is 12.2. The monoisotopic (exact) mass is 313 g/mol. The summed E-state index contributed by atoms with van der Waals surface area (Å²) >= 11 is 5.91. The number of halogens is 1. The first kappa shape index (κ1) is 17.0. The van der Waals surface area contributed by atoms with E-state index in [0.29, 0.717) is 5.02 Å². The molecule has 0 radical (unpaired) electrons. The fourth-order valence-corrected chi connectivity index (χ4v) is 1.87. The summed E-state index contributed by atoms with van der Waals surface area (Å²) < 4.78 is 0. The highest BCUT2D eigenvalue weighted by atomic mass is 35.5. The molecule has 1 amide bonds. The normalized spacial score (nSPS) is 11.7. The topological polar surface area (TPSA) is 104 Å². The average molecular weight is 314 g/mol. The number of carbonyl (C=O) groups is 3. The molecule has 0 aliphatic rings. The van der Waals surface area contributed by atoms with Crippen molar-refractivity contribution in [3.8, 4) is 0 Å². The molecule has 0 spiro atoms. The second kappa shape index (κ2) is 7.64. The third-order valence-corrected chi connectivity index (χ3v) is 3.33. The molecule has 0 bridgehead atoms. The number of rotatable bonds is 7. The van der Waals surface area contributed by atoms with Gasteiger partial charge in [-0.25, -0.2) is 4.79 Å². The third-order valence-electron chi connectivity index (χ3n) is 2.92. The fourth-order valence-electron chi connectivity index (χ4n) is 1.69. The SMILES string of the molecule is Cc1ccc(C(=O)N[C@H](CCCC(=O)O)C(=O)O)cc1Cl. The first-order valence-corrected chi connectivity index (χ1v) is 6.70. The Hall–Kier alpha value is -2.08. The van der Waals surface area contributed by atoms with E-state index in [9.17, 15) is 14.4 Å². The number of benzene rings is 1. The Balaban J connectivity index is 2.69. The maximum atomic E-state index is 12.0. The van der Waals surface area contributed by atoms with Crippen LogP contribution in [0.4, 0.5) is 0 Å². The Morgan fingerprint density at radius 2 is 1.95 bits per heavy atom. The molecule has 0 aromatic heterocycles. The molecule has 1 aromatic carbocycles. The summed E-state index contributed by atoms with van der Waals surface area (Å²) in [5, 5.41) is 20.4. The van der Waals surface area contributed by atoms with Crippen molar-refractivity contribution < 1.29 is 24.6 Å². The Morgan fingerprint density at radius 3 is 2.48 bits per heavy atom. The van der Waals surface area contributed by atoms with Crippen molar-refractivity contribution >= 4 is 29.4 Å². The molecule has 0 aliphatic heterocycles. The lowest BCUT2D eigenvalue weighted by Crippen LogP contribution is -2.40. The first-order valence-electron chi connectivity index (χ1n) is 6.33. The average Bonchev–Trinajstić information content (AvgIpc) is 2.40. The fraction of sp³-hybridized carbons (Fsp3) is 0.357. The predicted molar refractivity (Wildman–Crippen MR) is 76.6 cm³/mol. The van der Waals surface area contributed by atoms with E-state index in [1.807, 2.05) is 0 Å². The Bertz CT molecular complexity index is 558. The molecule has 0 fully saturated rings. The molecule has 21 heavy (non-hydrogen) atoms. The van der Waals surface area contributed by atoms with Gasteiger partial charge < -0.3 is 15.5 Å². The highest BCUT2D eigenvalue weighted by molar-refractivity contribution is 6.31. The number of carbonyl (C=O) groups excluding carboxylic acids is 1. The zero-order valence-electron chi connectivity index (χ0n) is 11.4. The van der Waals surface area contributed by atoms with Crippen LogP contribution in [0.2, 0.25) is 5.02 Å². The number of hydrogen-bond acceptors (Lipinski definition) is 3. The Labute approximate surface area is 126 Å². The molecule has 0 saturated carbocycles. The van der Waals surface area contributed by atoms with Gasteiger partial charge in [-0.05, 0) is 37.5 Å². The highest BCUT2D eigenvalue weighted by Gasteiger charge is 2.21. The Kier molecular flexibility index (Phi) is 6.17. The summed E-state index contributed by atoms with van der Waals surface area (Å²) in [6, 6.07) is 3.55. The Morgan fingerprint density at radius 1 is 1.29 bits per heavy atom. The van der Waals surface area contributed by atoms with E-state index in [1.165, 1.54) is 6.07 Å². The number of hydrogen-bond donors (Lipinski definition) is 3. The first-order chi connectivity index (χ1) is 9.81. The highest BCUT2D eigenvalue weighted by Crippen LogP contribution is 2.17. The van der Waals surface area contributed by atoms with E-state index in [1.54, 1.807) is 19.1 Å². The number of amides is 1. The van der Waals surface area contributed by atoms with Crippen molar-refractivity contribution in [2.24, 2.45) is 0 Å². The summed E-state index contributed by atoms with van der Waals surface area (Å²) in [7, 11) is 0. The van der Waals surface area contributed by atoms with E-state index in [2.05, 4.69) is 5.32 Å². The minimum atomic E-state index is -1.20. The number of aryl methyl sites for hydroxylation is 1. The van der Waals surface area contributed by atoms with Gasteiger partial charge in [0.15, 0.2) is 0 Å². The molecule has 7 heteroatoms. The van der Waals surface area contributed by atoms with E-state index in [-0.39, 0.29) is 24.8 Å². The number of nitrogens with one attached hydrogen (secondary N) is 1. The molecular weight excluding hydrogens is 298 g/mol. The lowest BCUT2D eigenvalue weighted by atomic mass is 10.1. The van der Waals surface area contributed by atoms with Gasteiger partial charge in [0, 0.05) is 17.0 Å². The van der Waals surface area contributed by atoms with Gasteiger partial charge in [-0.3, -0.25) is 9.59 Å². The smallest absolute Gasteiger partial charge is 0.326 e. The van der Waals surface area contributed by atoms with Crippen LogP contribution in [0.1, 0.15) is 35.2 Å². The zero-order chi connectivity index (χ0) is 16.0. The van der Waals surface area contributed by atoms with Gasteiger partial charge in [0.05, 0.1) is 0 Å². The van der Waals surface area contributed by atoms with Crippen molar-refractivity contribution in [2.45, 2.75) is 32.2 Å². The molecule has 0 unspecified atom stereocenters. The molecule has 1 rings (SSSR count). The van der Waals surface area contributed by atoms with Crippen molar-refractivity contribution in [1.82, 2.24) is 5.32 Å². The van der Waals surface area contributed by atoms with Gasteiger partial charge in [-0.2, -0.15) is 0 Å². The number of aliphatic carboxylic acids is 2. The summed E-state index contributed by atoms with van der Waals surface area (Å²) in [6.45, 7) is 1.79. The summed E-state index contributed by atoms with van der Waals surface area (Å²) in [4.78, 5) is 33.5. The second-order valence-corrected chi connectivity index (χ2v) is 5.02. The summed E-state index contributed by atoms with van der Waals surface area (Å²) in [6.07, 6.45) is 0.0736. The van der Waals surface area contributed by atoms with Crippen LogP contribution in [0.5, 0.6) is 0 Å². The van der Waals surface area contributed by atoms with Crippen molar-refractivity contribution in [3.63, 3.8) is 0 Å². The van der Waals surface area contributed by atoms with Gasteiger partial charge in [-0.1, -0.05) is 17.7 Å². The molecule has 0 saturated heterocycles. The van der Waals surface area contributed by atoms with Crippen LogP contribution in [0, 0.1) is 6.92 Å². The predicted octanol–water partition coefficient (Wildman–Crippen LogP) is 2.09. The van der Waals surface area contributed by atoms with Crippen LogP contribution in [0.15, 0.2) is 18.2 Å². The van der Waals surface area contributed by atoms with Crippen molar-refractivity contribution in [3.05, 3.63) is 34.3 Å². The largest absolute Gasteiger partial charge is 0.481 e. The molecular formula is C14H16ClNO5. The van der Waals surface area contributed by atoms with Crippen LogP contribution < -0.4 is 5.32 Å². The maximum absolute atomic E-state index is 12.0. The molecule has 0 heterocycles. The van der Waals surface area contributed by atoms with Crippen molar-refractivity contribution in [1.29, 1.82) is 0 Å². The number of carboxylic acids is 2. The minimum absolute atomic E-state index is 0.0486. The van der Waals surface area contributed by atoms with Crippen molar-refractivity contribution in [2.75, 3.05) is 0 Å². The minimum Gasteiger partial charge on any atom is -0.481 e. The number of carboxylic acid groups (broad SMARTS) is 2. The van der Waals surface area contributed by atoms with E-state index in [0.717, 1.165) is 5.56 Å². The van der Waals surface area contributed by atoms with E-state index in [4.69, 9.17) is 21.8 Å². The maximum Gasteiger partial charge on any atom is 0.326 e. The molecule has 1 atom stereocenters. The van der Waals surface area contributed by atoms with Crippen LogP contribution in [-0.2, 0) is 9.59 Å². The molecule has 3 N–H and O–H groups in total.